The third-order valence-electron chi connectivity index (χ3n) is 8.32. The summed E-state index contributed by atoms with van der Waals surface area (Å²) in [6.45, 7) is 11.0. The summed E-state index contributed by atoms with van der Waals surface area (Å²) in [6.07, 6.45) is 3.92. The van der Waals surface area contributed by atoms with Crippen LogP contribution in [0, 0.1) is 5.41 Å². The second kappa shape index (κ2) is 16.0. The lowest BCUT2D eigenvalue weighted by Crippen LogP contribution is -2.45. The maximum absolute atomic E-state index is 13.5. The average molecular weight is 637 g/mol. The van der Waals surface area contributed by atoms with E-state index >= 15 is 0 Å². The predicted octanol–water partition coefficient (Wildman–Crippen LogP) is 4.75. The fraction of sp³-hybridized carbons (Fsp3) is 0.471. The quantitative estimate of drug-likeness (QED) is 0.185. The minimum atomic E-state index is -0.687. The standard InChI is InChI=1S/C34H45ClN6O4/c1-5-7-28(12-15-42)39-24(4)37-20-31(35)32(36)26-10-11-27-21-41(34(44)30(27)19-26)23(3)33(43)38-22(2)25-8-6-9-29(18-25)40-13-16-45-17-14-40/h6,8-11,18-20,22-23,28,36,42H,5,7,12-17,21H2,1-4H3,(H,37,39)(H,38,43)/b31-20+,36-32?/t22-,23-,28?/m1/s1. The number of allylic oxidation sites excluding steroid dienone is 1. The molecule has 3 atom stereocenters. The van der Waals surface area contributed by atoms with Crippen molar-refractivity contribution in [1.82, 2.24) is 15.5 Å². The van der Waals surface area contributed by atoms with Gasteiger partial charge >= 0.3 is 0 Å². The summed E-state index contributed by atoms with van der Waals surface area (Å²) < 4.78 is 5.47. The van der Waals surface area contributed by atoms with Gasteiger partial charge in [0.25, 0.3) is 5.91 Å². The number of morpholine rings is 1. The number of nitrogens with one attached hydrogen (secondary N) is 3. The van der Waals surface area contributed by atoms with Crippen LogP contribution >= 0.6 is 11.6 Å². The molecule has 0 spiro atoms. The van der Waals surface area contributed by atoms with E-state index in [2.05, 4.69) is 39.6 Å². The topological polar surface area (TPSA) is 130 Å². The predicted molar refractivity (Wildman–Crippen MR) is 179 cm³/mol. The van der Waals surface area contributed by atoms with Crippen LogP contribution in [-0.4, -0.2) is 78.4 Å². The van der Waals surface area contributed by atoms with E-state index in [1.807, 2.05) is 32.0 Å². The highest BCUT2D eigenvalue weighted by atomic mass is 35.5. The van der Waals surface area contributed by atoms with Crippen LogP contribution in [0.2, 0.25) is 0 Å². The molecular weight excluding hydrogens is 592 g/mol. The zero-order valence-electron chi connectivity index (χ0n) is 26.6. The zero-order valence-corrected chi connectivity index (χ0v) is 27.4. The van der Waals surface area contributed by atoms with Crippen molar-refractivity contribution in [2.45, 2.75) is 71.6 Å². The summed E-state index contributed by atoms with van der Waals surface area (Å²) in [6, 6.07) is 12.6. The number of rotatable bonds is 13. The van der Waals surface area contributed by atoms with Crippen LogP contribution in [0.15, 0.2) is 58.7 Å². The SMILES string of the molecule is CCCC(CCO)N/C(C)=N/C=C(/Cl)C(=N)c1ccc2c(c1)C(=O)N([C@H](C)C(=O)N[C@H](C)c1cccc(N3CCOCC3)c1)C2. The van der Waals surface area contributed by atoms with Crippen molar-refractivity contribution in [3.63, 3.8) is 0 Å². The number of hydrogen-bond donors (Lipinski definition) is 4. The molecule has 1 saturated heterocycles. The van der Waals surface area contributed by atoms with Gasteiger partial charge in [0.05, 0.1) is 35.8 Å². The number of amidine groups is 1. The molecule has 2 aliphatic rings. The first-order valence-electron chi connectivity index (χ1n) is 15.7. The first-order chi connectivity index (χ1) is 21.6. The zero-order chi connectivity index (χ0) is 32.5. The van der Waals surface area contributed by atoms with Crippen molar-refractivity contribution >= 4 is 40.6 Å². The van der Waals surface area contributed by atoms with Crippen LogP contribution in [0.25, 0.3) is 0 Å². The molecule has 0 aliphatic carbocycles. The Bertz CT molecular complexity index is 1430. The van der Waals surface area contributed by atoms with E-state index in [-0.39, 0.29) is 41.2 Å². The van der Waals surface area contributed by atoms with Crippen LogP contribution in [0.4, 0.5) is 5.69 Å². The van der Waals surface area contributed by atoms with Gasteiger partial charge in [-0.3, -0.25) is 15.0 Å². The summed E-state index contributed by atoms with van der Waals surface area (Å²) in [5, 5.41) is 24.4. The van der Waals surface area contributed by atoms with Gasteiger partial charge in [0, 0.05) is 55.3 Å². The highest BCUT2D eigenvalue weighted by molar-refractivity contribution is 6.45. The molecule has 1 fully saturated rings. The van der Waals surface area contributed by atoms with Gasteiger partial charge in [0.15, 0.2) is 0 Å². The molecule has 4 N–H and O–H groups in total. The molecule has 2 aliphatic heterocycles. The van der Waals surface area contributed by atoms with Gasteiger partial charge < -0.3 is 30.3 Å². The average Bonchev–Trinajstić information content (AvgIpc) is 3.38. The normalized spacial score (nSPS) is 17.5. The molecule has 10 nitrogen and oxygen atoms in total. The monoisotopic (exact) mass is 636 g/mol. The molecule has 2 heterocycles. The first kappa shape index (κ1) is 34.1. The number of aliphatic hydroxyl groups is 1. The van der Waals surface area contributed by atoms with Gasteiger partial charge in [-0.1, -0.05) is 49.2 Å². The Balaban J connectivity index is 1.38. The van der Waals surface area contributed by atoms with Crippen LogP contribution in [0.3, 0.4) is 0 Å². The molecule has 2 amide bonds. The third kappa shape index (κ3) is 8.71. The smallest absolute Gasteiger partial charge is 0.255 e. The molecule has 0 aromatic heterocycles. The number of benzene rings is 2. The van der Waals surface area contributed by atoms with Crippen molar-refractivity contribution in [3.05, 3.63) is 76.0 Å². The Labute approximate surface area is 271 Å². The fourth-order valence-corrected chi connectivity index (χ4v) is 5.80. The van der Waals surface area contributed by atoms with Crippen molar-refractivity contribution in [3.8, 4) is 0 Å². The maximum Gasteiger partial charge on any atom is 0.255 e. The molecule has 11 heteroatoms. The molecule has 242 valence electrons. The second-order valence-electron chi connectivity index (χ2n) is 11.6. The van der Waals surface area contributed by atoms with Crippen molar-refractivity contribution < 1.29 is 19.4 Å². The number of amides is 2. The van der Waals surface area contributed by atoms with Gasteiger partial charge in [-0.2, -0.15) is 0 Å². The summed E-state index contributed by atoms with van der Waals surface area (Å²) in [4.78, 5) is 34.9. The van der Waals surface area contributed by atoms with Gasteiger partial charge in [-0.25, -0.2) is 4.99 Å². The Kier molecular flexibility index (Phi) is 12.2. The number of aliphatic hydroxyl groups excluding tert-OH is 1. The summed E-state index contributed by atoms with van der Waals surface area (Å²) in [5.41, 5.74) is 3.88. The Morgan fingerprint density at radius 1 is 1.16 bits per heavy atom. The van der Waals surface area contributed by atoms with E-state index in [0.29, 0.717) is 43.1 Å². The summed E-state index contributed by atoms with van der Waals surface area (Å²) in [5.74, 6) is 0.147. The van der Waals surface area contributed by atoms with Crippen molar-refractivity contribution in [2.75, 3.05) is 37.8 Å². The summed E-state index contributed by atoms with van der Waals surface area (Å²) in [7, 11) is 0. The lowest BCUT2D eigenvalue weighted by atomic mass is 10.0. The van der Waals surface area contributed by atoms with E-state index in [0.717, 1.165) is 42.7 Å². The fourth-order valence-electron chi connectivity index (χ4n) is 5.64. The van der Waals surface area contributed by atoms with Crippen LogP contribution in [0.1, 0.15) is 80.0 Å². The molecule has 2 aromatic carbocycles. The number of ether oxygens (including phenoxy) is 1. The minimum absolute atomic E-state index is 0.0432. The van der Waals surface area contributed by atoms with Crippen LogP contribution in [-0.2, 0) is 16.1 Å². The largest absolute Gasteiger partial charge is 0.396 e. The lowest BCUT2D eigenvalue weighted by molar-refractivity contribution is -0.125. The minimum Gasteiger partial charge on any atom is -0.396 e. The molecule has 1 unspecified atom stereocenters. The van der Waals surface area contributed by atoms with E-state index in [4.69, 9.17) is 21.7 Å². The van der Waals surface area contributed by atoms with Gasteiger partial charge in [0.2, 0.25) is 5.91 Å². The summed E-state index contributed by atoms with van der Waals surface area (Å²) >= 11 is 6.43. The highest BCUT2D eigenvalue weighted by Gasteiger charge is 2.34. The number of hydrogen-bond acceptors (Lipinski definition) is 7. The Morgan fingerprint density at radius 2 is 1.91 bits per heavy atom. The Morgan fingerprint density at radius 3 is 2.62 bits per heavy atom. The Hall–Kier alpha value is -3.73. The molecule has 0 bridgehead atoms. The van der Waals surface area contributed by atoms with Crippen LogP contribution in [0.5, 0.6) is 0 Å². The first-order valence-corrected chi connectivity index (χ1v) is 16.0. The molecule has 0 saturated carbocycles. The number of anilines is 1. The second-order valence-corrected chi connectivity index (χ2v) is 12.0. The maximum atomic E-state index is 13.5. The van der Waals surface area contributed by atoms with Gasteiger partial charge in [-0.15, -0.1) is 0 Å². The van der Waals surface area contributed by atoms with Crippen molar-refractivity contribution in [2.24, 2.45) is 4.99 Å². The molecule has 4 rings (SSSR count). The number of fused-ring (bicyclic) bond motifs is 1. The third-order valence-corrected chi connectivity index (χ3v) is 8.61. The van der Waals surface area contributed by atoms with E-state index < -0.39 is 6.04 Å². The molecule has 2 aromatic rings. The van der Waals surface area contributed by atoms with E-state index in [9.17, 15) is 14.7 Å². The number of carbonyl (C=O) groups is 2. The number of nitrogens with zero attached hydrogens (tertiary/aromatic N) is 3. The molecular formula is C34H45ClN6O4. The molecule has 45 heavy (non-hydrogen) atoms. The van der Waals surface area contributed by atoms with Gasteiger partial charge in [0.1, 0.15) is 6.04 Å². The van der Waals surface area contributed by atoms with E-state index in [1.165, 1.54) is 6.20 Å². The molecule has 0 radical (unpaired) electrons. The number of aliphatic imine (C=N–C) groups is 1. The number of halogens is 1. The van der Waals surface area contributed by atoms with E-state index in [1.54, 1.807) is 24.0 Å². The van der Waals surface area contributed by atoms with Crippen molar-refractivity contribution in [1.29, 1.82) is 5.41 Å². The van der Waals surface area contributed by atoms with Gasteiger partial charge in [-0.05, 0) is 62.9 Å². The number of carbonyl (C=O) groups excluding carboxylic acids is 2. The van der Waals surface area contributed by atoms with Crippen LogP contribution < -0.4 is 15.5 Å². The lowest BCUT2D eigenvalue weighted by Gasteiger charge is -2.30. The highest BCUT2D eigenvalue weighted by Crippen LogP contribution is 2.28.